The molecular formula is C26H27F3N2O2. The number of hydrogen-bond acceptors (Lipinski definition) is 3. The molecule has 1 fully saturated rings. The van der Waals surface area contributed by atoms with Crippen molar-refractivity contribution in [1.82, 2.24) is 10.6 Å². The topological polar surface area (TPSA) is 50.4 Å². The van der Waals surface area contributed by atoms with Crippen LogP contribution in [0, 0.1) is 0 Å². The summed E-state index contributed by atoms with van der Waals surface area (Å²) in [4.78, 5) is 12.8. The van der Waals surface area contributed by atoms with Crippen LogP contribution in [0.3, 0.4) is 0 Å². The van der Waals surface area contributed by atoms with Crippen LogP contribution in [0.4, 0.5) is 13.2 Å². The van der Waals surface area contributed by atoms with Crippen molar-refractivity contribution in [1.29, 1.82) is 0 Å². The molecule has 1 saturated carbocycles. The van der Waals surface area contributed by atoms with Crippen molar-refractivity contribution in [2.75, 3.05) is 0 Å². The minimum atomic E-state index is -4.76. The normalized spacial score (nSPS) is 19.8. The van der Waals surface area contributed by atoms with Crippen molar-refractivity contribution < 1.29 is 22.7 Å². The summed E-state index contributed by atoms with van der Waals surface area (Å²) in [7, 11) is 0. The summed E-state index contributed by atoms with van der Waals surface area (Å²) in [6.07, 6.45) is -0.870. The van der Waals surface area contributed by atoms with Gasteiger partial charge in [0.2, 0.25) is 0 Å². The van der Waals surface area contributed by atoms with E-state index >= 15 is 0 Å². The zero-order chi connectivity index (χ0) is 23.4. The molecule has 3 aromatic rings. The third-order valence-electron chi connectivity index (χ3n) is 6.19. The van der Waals surface area contributed by atoms with Gasteiger partial charge in [-0.2, -0.15) is 0 Å². The van der Waals surface area contributed by atoms with Crippen molar-refractivity contribution in [3.63, 3.8) is 0 Å². The lowest BCUT2D eigenvalue weighted by Gasteiger charge is -2.35. The maximum atomic E-state index is 12.8. The van der Waals surface area contributed by atoms with E-state index in [1.807, 2.05) is 12.1 Å². The van der Waals surface area contributed by atoms with Gasteiger partial charge in [0, 0.05) is 23.7 Å². The van der Waals surface area contributed by atoms with Gasteiger partial charge in [-0.3, -0.25) is 4.79 Å². The number of halogens is 3. The lowest BCUT2D eigenvalue weighted by Crippen LogP contribution is -2.52. The third kappa shape index (κ3) is 5.85. The maximum absolute atomic E-state index is 12.8. The molecule has 4 nitrogen and oxygen atoms in total. The summed E-state index contributed by atoms with van der Waals surface area (Å²) >= 11 is 0. The lowest BCUT2D eigenvalue weighted by atomic mass is 9.88. The van der Waals surface area contributed by atoms with Crippen LogP contribution < -0.4 is 15.4 Å². The molecule has 7 heteroatoms. The van der Waals surface area contributed by atoms with E-state index in [1.165, 1.54) is 28.5 Å². The SMILES string of the molecule is CC(N[C@@H]1CCCC[C@H]1NC(=O)c1ccc(OC(F)(F)F)cc1)c1cccc2ccccc12. The molecule has 0 saturated heterocycles. The molecule has 0 radical (unpaired) electrons. The Balaban J connectivity index is 1.43. The number of benzene rings is 3. The van der Waals surface area contributed by atoms with Crippen molar-refractivity contribution in [2.45, 2.75) is 57.1 Å². The number of fused-ring (bicyclic) bond motifs is 1. The first-order valence-electron chi connectivity index (χ1n) is 11.2. The molecule has 2 N–H and O–H groups in total. The van der Waals surface area contributed by atoms with Gasteiger partial charge in [-0.1, -0.05) is 55.3 Å². The highest BCUT2D eigenvalue weighted by molar-refractivity contribution is 5.94. The number of hydrogen-bond donors (Lipinski definition) is 2. The van der Waals surface area contributed by atoms with Gasteiger partial charge in [-0.15, -0.1) is 13.2 Å². The second-order valence-electron chi connectivity index (χ2n) is 8.50. The first-order valence-corrected chi connectivity index (χ1v) is 11.2. The molecule has 0 heterocycles. The fourth-order valence-electron chi connectivity index (χ4n) is 4.60. The average Bonchev–Trinajstić information content (AvgIpc) is 2.79. The quantitative estimate of drug-likeness (QED) is 0.469. The van der Waals surface area contributed by atoms with E-state index in [0.29, 0.717) is 5.56 Å². The Labute approximate surface area is 191 Å². The average molecular weight is 457 g/mol. The number of carbonyl (C=O) groups is 1. The van der Waals surface area contributed by atoms with Crippen LogP contribution >= 0.6 is 0 Å². The summed E-state index contributed by atoms with van der Waals surface area (Å²) in [5.41, 5.74) is 1.51. The molecular weight excluding hydrogens is 429 g/mol. The smallest absolute Gasteiger partial charge is 0.406 e. The van der Waals surface area contributed by atoms with Crippen molar-refractivity contribution >= 4 is 16.7 Å². The third-order valence-corrected chi connectivity index (χ3v) is 6.19. The number of ether oxygens (including phenoxy) is 1. The van der Waals surface area contributed by atoms with Gasteiger partial charge in [0.15, 0.2) is 0 Å². The molecule has 0 aromatic heterocycles. The van der Waals surface area contributed by atoms with Crippen molar-refractivity contribution in [3.05, 3.63) is 77.9 Å². The summed E-state index contributed by atoms with van der Waals surface area (Å²) in [6.45, 7) is 2.13. The number of alkyl halides is 3. The van der Waals surface area contributed by atoms with E-state index < -0.39 is 6.36 Å². The van der Waals surface area contributed by atoms with Gasteiger partial charge in [-0.05, 0) is 60.4 Å². The minimum absolute atomic E-state index is 0.0604. The Morgan fingerprint density at radius 2 is 1.61 bits per heavy atom. The molecule has 1 amide bonds. The first kappa shape index (κ1) is 23.1. The van der Waals surface area contributed by atoms with Gasteiger partial charge in [0.1, 0.15) is 5.75 Å². The highest BCUT2D eigenvalue weighted by Crippen LogP contribution is 2.27. The number of carbonyl (C=O) groups excluding carboxylic acids is 1. The van der Waals surface area contributed by atoms with Gasteiger partial charge in [-0.25, -0.2) is 0 Å². The fourth-order valence-corrected chi connectivity index (χ4v) is 4.60. The highest BCUT2D eigenvalue weighted by Gasteiger charge is 2.31. The van der Waals surface area contributed by atoms with E-state index in [1.54, 1.807) is 0 Å². The molecule has 3 atom stereocenters. The van der Waals surface area contributed by atoms with Crippen LogP contribution in [0.1, 0.15) is 54.6 Å². The number of rotatable bonds is 6. The van der Waals surface area contributed by atoms with Crippen LogP contribution in [0.15, 0.2) is 66.7 Å². The molecule has 1 aliphatic carbocycles. The molecule has 1 aliphatic rings. The molecule has 0 spiro atoms. The Morgan fingerprint density at radius 1 is 0.939 bits per heavy atom. The Hall–Kier alpha value is -3.06. The number of nitrogens with one attached hydrogen (secondary N) is 2. The van der Waals surface area contributed by atoms with Gasteiger partial charge in [0.25, 0.3) is 5.91 Å². The predicted octanol–water partition coefficient (Wildman–Crippen LogP) is 6.13. The van der Waals surface area contributed by atoms with Gasteiger partial charge in [0.05, 0.1) is 0 Å². The monoisotopic (exact) mass is 456 g/mol. The van der Waals surface area contributed by atoms with Gasteiger partial charge >= 0.3 is 6.36 Å². The second-order valence-corrected chi connectivity index (χ2v) is 8.50. The molecule has 4 rings (SSSR count). The van der Waals surface area contributed by atoms with E-state index in [2.05, 4.69) is 52.6 Å². The Bertz CT molecular complexity index is 1090. The standard InChI is InChI=1S/C26H27F3N2O2/c1-17(21-10-6-8-18-7-2-3-9-22(18)21)30-23-11-4-5-12-24(23)31-25(32)19-13-15-20(16-14-19)33-26(27,28)29/h2-3,6-10,13-17,23-24,30H,4-5,11-12H2,1H3,(H,31,32)/t17?,23-,24-/m1/s1. The summed E-state index contributed by atoms with van der Waals surface area (Å²) in [5, 5.41) is 9.19. The summed E-state index contributed by atoms with van der Waals surface area (Å²) in [5.74, 6) is -0.648. The summed E-state index contributed by atoms with van der Waals surface area (Å²) < 4.78 is 40.9. The second kappa shape index (κ2) is 9.83. The van der Waals surface area contributed by atoms with Crippen LogP contribution in [-0.2, 0) is 0 Å². The van der Waals surface area contributed by atoms with Crippen LogP contribution in [0.25, 0.3) is 10.8 Å². The van der Waals surface area contributed by atoms with E-state index in [4.69, 9.17) is 0 Å². The summed E-state index contributed by atoms with van der Waals surface area (Å²) in [6, 6.07) is 19.7. The Morgan fingerprint density at radius 3 is 2.33 bits per heavy atom. The minimum Gasteiger partial charge on any atom is -0.406 e. The van der Waals surface area contributed by atoms with E-state index in [0.717, 1.165) is 37.8 Å². The zero-order valence-electron chi connectivity index (χ0n) is 18.4. The van der Waals surface area contributed by atoms with Crippen LogP contribution in [0.5, 0.6) is 5.75 Å². The van der Waals surface area contributed by atoms with Crippen LogP contribution in [0.2, 0.25) is 0 Å². The molecule has 1 unspecified atom stereocenters. The molecule has 174 valence electrons. The van der Waals surface area contributed by atoms with Crippen molar-refractivity contribution in [3.8, 4) is 5.75 Å². The lowest BCUT2D eigenvalue weighted by molar-refractivity contribution is -0.274. The van der Waals surface area contributed by atoms with Crippen molar-refractivity contribution in [2.24, 2.45) is 0 Å². The fraction of sp³-hybridized carbons (Fsp3) is 0.346. The predicted molar refractivity (Wildman–Crippen MR) is 122 cm³/mol. The molecule has 0 aliphatic heterocycles. The van der Waals surface area contributed by atoms with Crippen LogP contribution in [-0.4, -0.2) is 24.4 Å². The Kier molecular flexibility index (Phi) is 6.88. The van der Waals surface area contributed by atoms with E-state index in [-0.39, 0.29) is 29.8 Å². The molecule has 3 aromatic carbocycles. The zero-order valence-corrected chi connectivity index (χ0v) is 18.4. The largest absolute Gasteiger partial charge is 0.573 e. The molecule has 33 heavy (non-hydrogen) atoms. The molecule has 0 bridgehead atoms. The highest BCUT2D eigenvalue weighted by atomic mass is 19.4. The van der Waals surface area contributed by atoms with Gasteiger partial charge < -0.3 is 15.4 Å². The number of amides is 1. The maximum Gasteiger partial charge on any atom is 0.573 e. The van der Waals surface area contributed by atoms with E-state index in [9.17, 15) is 18.0 Å². The first-order chi connectivity index (χ1) is 15.8.